The number of fused-ring (bicyclic) bond motifs is 2. The molecule has 0 saturated carbocycles. The van der Waals surface area contributed by atoms with Crippen molar-refractivity contribution in [3.05, 3.63) is 16.7 Å². The third-order valence-electron chi connectivity index (χ3n) is 5.22. The summed E-state index contributed by atoms with van der Waals surface area (Å²) in [5.74, 6) is 0.0659. The standard InChI is InChI=1S/C18H25N5O4/c1-9(2)15(24)21-17-20-14-13(16(25)22-17)19-8-23(14)12-5-10-6-18(3,4)27-11(10)7-26-12/h8-12H,5-7H2,1-4H3,(H2,20,21,22,24,25). The molecule has 2 fully saturated rings. The number of aromatic amines is 1. The number of nitrogens with one attached hydrogen (secondary N) is 2. The molecule has 0 aliphatic carbocycles. The number of hydrogen-bond acceptors (Lipinski definition) is 6. The van der Waals surface area contributed by atoms with Gasteiger partial charge in [0.1, 0.15) is 6.23 Å². The fraction of sp³-hybridized carbons (Fsp3) is 0.667. The number of hydrogen-bond donors (Lipinski definition) is 2. The number of ether oxygens (including phenoxy) is 2. The molecule has 0 radical (unpaired) electrons. The van der Waals surface area contributed by atoms with Crippen LogP contribution in [0.2, 0.25) is 0 Å². The molecule has 2 aromatic heterocycles. The molecule has 2 aliphatic rings. The van der Waals surface area contributed by atoms with Crippen molar-refractivity contribution < 1.29 is 14.3 Å². The van der Waals surface area contributed by atoms with Gasteiger partial charge in [0, 0.05) is 5.92 Å². The van der Waals surface area contributed by atoms with E-state index in [0.717, 1.165) is 12.8 Å². The van der Waals surface area contributed by atoms with Crippen LogP contribution in [0, 0.1) is 11.8 Å². The maximum atomic E-state index is 12.3. The molecule has 0 spiro atoms. The zero-order valence-corrected chi connectivity index (χ0v) is 16.0. The smallest absolute Gasteiger partial charge is 0.280 e. The van der Waals surface area contributed by atoms with E-state index in [-0.39, 0.29) is 41.2 Å². The summed E-state index contributed by atoms with van der Waals surface area (Å²) < 4.78 is 13.8. The Kier molecular flexibility index (Phi) is 4.31. The zero-order valence-electron chi connectivity index (χ0n) is 16.0. The second-order valence-electron chi connectivity index (χ2n) is 8.29. The van der Waals surface area contributed by atoms with Gasteiger partial charge in [-0.2, -0.15) is 4.98 Å². The predicted molar refractivity (Wildman–Crippen MR) is 98.3 cm³/mol. The first-order chi connectivity index (χ1) is 12.7. The molecule has 27 heavy (non-hydrogen) atoms. The van der Waals surface area contributed by atoms with Gasteiger partial charge in [0.25, 0.3) is 5.56 Å². The Morgan fingerprint density at radius 1 is 1.44 bits per heavy atom. The van der Waals surface area contributed by atoms with Gasteiger partial charge in [-0.1, -0.05) is 13.8 Å². The van der Waals surface area contributed by atoms with E-state index < -0.39 is 5.56 Å². The maximum Gasteiger partial charge on any atom is 0.280 e. The summed E-state index contributed by atoms with van der Waals surface area (Å²) in [5, 5.41) is 2.63. The van der Waals surface area contributed by atoms with Crippen molar-refractivity contribution in [1.29, 1.82) is 0 Å². The lowest BCUT2D eigenvalue weighted by atomic mass is 9.89. The lowest BCUT2D eigenvalue weighted by molar-refractivity contribution is -0.127. The number of amides is 1. The molecule has 146 valence electrons. The van der Waals surface area contributed by atoms with E-state index in [1.165, 1.54) is 0 Å². The Hall–Kier alpha value is -2.26. The van der Waals surface area contributed by atoms with E-state index in [4.69, 9.17) is 9.47 Å². The van der Waals surface area contributed by atoms with Crippen molar-refractivity contribution in [2.24, 2.45) is 11.8 Å². The third-order valence-corrected chi connectivity index (χ3v) is 5.22. The minimum Gasteiger partial charge on any atom is -0.370 e. The third kappa shape index (κ3) is 3.37. The summed E-state index contributed by atoms with van der Waals surface area (Å²) in [6, 6.07) is 0. The molecule has 2 aromatic rings. The molecule has 3 unspecified atom stereocenters. The summed E-state index contributed by atoms with van der Waals surface area (Å²) in [5.41, 5.74) is 0.0939. The van der Waals surface area contributed by atoms with Gasteiger partial charge in [-0.25, -0.2) is 4.98 Å². The van der Waals surface area contributed by atoms with Gasteiger partial charge < -0.3 is 9.47 Å². The van der Waals surface area contributed by atoms with Crippen molar-refractivity contribution in [2.75, 3.05) is 11.9 Å². The second-order valence-corrected chi connectivity index (χ2v) is 8.29. The lowest BCUT2D eigenvalue weighted by Gasteiger charge is -2.31. The molecule has 2 aliphatic heterocycles. The van der Waals surface area contributed by atoms with Gasteiger partial charge in [-0.3, -0.25) is 24.5 Å². The molecule has 4 heterocycles. The van der Waals surface area contributed by atoms with Crippen LogP contribution in [-0.4, -0.2) is 43.7 Å². The number of nitrogens with zero attached hydrogens (tertiary/aromatic N) is 3. The Labute approximate surface area is 156 Å². The monoisotopic (exact) mass is 375 g/mol. The molecule has 0 aromatic carbocycles. The molecular formula is C18H25N5O4. The number of carbonyl (C=O) groups excluding carboxylic acids is 1. The van der Waals surface area contributed by atoms with Gasteiger partial charge in [0.2, 0.25) is 11.9 Å². The van der Waals surface area contributed by atoms with Crippen molar-refractivity contribution >= 4 is 23.0 Å². The molecule has 2 N–H and O–H groups in total. The number of aromatic nitrogens is 4. The van der Waals surface area contributed by atoms with Gasteiger partial charge in [-0.05, 0) is 32.6 Å². The lowest BCUT2D eigenvalue weighted by Crippen LogP contribution is -2.33. The van der Waals surface area contributed by atoms with Crippen molar-refractivity contribution in [1.82, 2.24) is 19.5 Å². The fourth-order valence-electron chi connectivity index (χ4n) is 3.91. The molecule has 3 atom stereocenters. The Morgan fingerprint density at radius 2 is 2.22 bits per heavy atom. The van der Waals surface area contributed by atoms with E-state index in [1.807, 2.05) is 0 Å². The first-order valence-corrected chi connectivity index (χ1v) is 9.30. The van der Waals surface area contributed by atoms with Crippen LogP contribution in [0.4, 0.5) is 5.95 Å². The van der Waals surface area contributed by atoms with Crippen molar-refractivity contribution in [3.63, 3.8) is 0 Å². The summed E-state index contributed by atoms with van der Waals surface area (Å²) >= 11 is 0. The molecule has 4 rings (SSSR count). The normalized spacial score (nSPS) is 27.1. The van der Waals surface area contributed by atoms with Crippen LogP contribution in [0.5, 0.6) is 0 Å². The maximum absolute atomic E-state index is 12.3. The van der Waals surface area contributed by atoms with Crippen molar-refractivity contribution in [2.45, 2.75) is 58.5 Å². The highest BCUT2D eigenvalue weighted by Crippen LogP contribution is 2.42. The molecule has 9 heteroatoms. The molecule has 2 saturated heterocycles. The minimum atomic E-state index is -0.392. The number of imidazole rings is 1. The summed E-state index contributed by atoms with van der Waals surface area (Å²) in [7, 11) is 0. The van der Waals surface area contributed by atoms with E-state index in [2.05, 4.69) is 34.1 Å². The first kappa shape index (κ1) is 18.1. The van der Waals surface area contributed by atoms with E-state index in [0.29, 0.717) is 18.2 Å². The minimum absolute atomic E-state index is 0.100. The van der Waals surface area contributed by atoms with Crippen LogP contribution >= 0.6 is 0 Å². The van der Waals surface area contributed by atoms with Crippen LogP contribution < -0.4 is 10.9 Å². The number of carbonyl (C=O) groups is 1. The quantitative estimate of drug-likeness (QED) is 0.846. The zero-order chi connectivity index (χ0) is 19.3. The first-order valence-electron chi connectivity index (χ1n) is 9.30. The van der Waals surface area contributed by atoms with Crippen molar-refractivity contribution in [3.8, 4) is 0 Å². The average Bonchev–Trinajstić information content (AvgIpc) is 3.13. The SMILES string of the molecule is CC(C)C(=O)Nc1nc2c(ncn2C2CC3CC(C)(C)OC3CO2)c(=O)[nH]1. The van der Waals surface area contributed by atoms with Crippen LogP contribution in [0.25, 0.3) is 11.2 Å². The highest BCUT2D eigenvalue weighted by Gasteiger charge is 2.44. The summed E-state index contributed by atoms with van der Waals surface area (Å²) in [6.45, 7) is 8.23. The molecule has 0 bridgehead atoms. The van der Waals surface area contributed by atoms with E-state index in [1.54, 1.807) is 24.7 Å². The Balaban J connectivity index is 1.63. The number of rotatable bonds is 3. The van der Waals surface area contributed by atoms with Gasteiger partial charge in [-0.15, -0.1) is 0 Å². The summed E-state index contributed by atoms with van der Waals surface area (Å²) in [6.07, 6.45) is 3.14. The van der Waals surface area contributed by atoms with E-state index in [9.17, 15) is 9.59 Å². The highest BCUT2D eigenvalue weighted by molar-refractivity contribution is 5.91. The van der Waals surface area contributed by atoms with Gasteiger partial charge >= 0.3 is 0 Å². The van der Waals surface area contributed by atoms with Crippen LogP contribution in [0.3, 0.4) is 0 Å². The fourth-order valence-corrected chi connectivity index (χ4v) is 3.91. The Morgan fingerprint density at radius 3 is 2.96 bits per heavy atom. The highest BCUT2D eigenvalue weighted by atomic mass is 16.6. The molecule has 9 nitrogen and oxygen atoms in total. The Bertz CT molecular complexity index is 931. The van der Waals surface area contributed by atoms with Crippen LogP contribution in [0.1, 0.15) is 46.8 Å². The average molecular weight is 375 g/mol. The van der Waals surface area contributed by atoms with E-state index >= 15 is 0 Å². The topological polar surface area (TPSA) is 111 Å². The molecular weight excluding hydrogens is 350 g/mol. The number of anilines is 1. The van der Waals surface area contributed by atoms with Gasteiger partial charge in [0.05, 0.1) is 24.6 Å². The van der Waals surface area contributed by atoms with Crippen LogP contribution in [-0.2, 0) is 14.3 Å². The number of H-pyrrole nitrogens is 1. The van der Waals surface area contributed by atoms with Crippen LogP contribution in [0.15, 0.2) is 11.1 Å². The van der Waals surface area contributed by atoms with Gasteiger partial charge in [0.15, 0.2) is 11.2 Å². The second kappa shape index (κ2) is 6.42. The largest absolute Gasteiger partial charge is 0.370 e. The molecule has 1 amide bonds. The summed E-state index contributed by atoms with van der Waals surface area (Å²) in [4.78, 5) is 35.4. The predicted octanol–water partition coefficient (Wildman–Crippen LogP) is 1.82.